The van der Waals surface area contributed by atoms with E-state index in [0.717, 1.165) is 0 Å². The Morgan fingerprint density at radius 2 is 1.25 bits per heavy atom. The third-order valence-electron chi connectivity index (χ3n) is 0.553. The highest BCUT2D eigenvalue weighted by atomic mass is 32.2. The molecule has 0 spiro atoms. The molecule has 0 bridgehead atoms. The molecule has 0 aliphatic carbocycles. The molecule has 0 saturated heterocycles. The second kappa shape index (κ2) is 8.82. The monoisotopic (exact) mass is 228 g/mol. The lowest BCUT2D eigenvalue weighted by atomic mass is 10.3. The first kappa shape index (κ1) is 14.3. The zero-order chi connectivity index (χ0) is 10.1. The van der Waals surface area contributed by atoms with Crippen LogP contribution < -0.4 is 0 Å². The molecule has 0 aromatic heterocycles. The number of hydrogen-bond acceptors (Lipinski definition) is 3. The largest absolute Gasteiger partial charge is 0.481 e. The van der Waals surface area contributed by atoms with Gasteiger partial charge >= 0.3 is 11.9 Å². The van der Waals surface area contributed by atoms with E-state index in [4.69, 9.17) is 10.2 Å². The Bertz CT molecular complexity index is 162. The fourth-order valence-corrected chi connectivity index (χ4v) is 0.214. The minimum absolute atomic E-state index is 0.296. The number of carboxylic acid groups (broad SMARTS) is 2. The number of thiocarbonyl (C=S) groups is 1. The van der Waals surface area contributed by atoms with Crippen LogP contribution in [0.1, 0.15) is 12.8 Å². The van der Waals surface area contributed by atoms with E-state index in [9.17, 15) is 9.59 Å². The minimum Gasteiger partial charge on any atom is -0.481 e. The molecule has 0 aliphatic rings. The van der Waals surface area contributed by atoms with Crippen LogP contribution in [-0.4, -0.2) is 25.7 Å². The zero-order valence-corrected chi connectivity index (χ0v) is 8.53. The average molecular weight is 228 g/mol. The van der Waals surface area contributed by atoms with Crippen LogP contribution in [0.5, 0.6) is 0 Å². The van der Waals surface area contributed by atoms with Gasteiger partial charge < -0.3 is 10.2 Å². The smallest absolute Gasteiger partial charge is 0.303 e. The lowest BCUT2D eigenvalue weighted by Crippen LogP contribution is -2.00. The summed E-state index contributed by atoms with van der Waals surface area (Å²) in [7, 11) is 0. The number of carbonyl (C=O) groups is 2. The summed E-state index contributed by atoms with van der Waals surface area (Å²) in [5.74, 6) is -2.15. The minimum atomic E-state index is -1.08. The average Bonchev–Trinajstić information content (AvgIpc) is 1.82. The van der Waals surface area contributed by atoms with Crippen molar-refractivity contribution in [1.82, 2.24) is 0 Å². The summed E-state index contributed by atoms with van der Waals surface area (Å²) >= 11 is 11.4. The SMILES string of the molecule is O=C(O)CCC(=O)O.S=C(S)S. The summed E-state index contributed by atoms with van der Waals surface area (Å²) in [6.07, 6.45) is -0.593. The summed E-state index contributed by atoms with van der Waals surface area (Å²) in [5, 5.41) is 15.8. The molecule has 0 unspecified atom stereocenters. The summed E-state index contributed by atoms with van der Waals surface area (Å²) < 4.78 is 0.389. The van der Waals surface area contributed by atoms with Crippen molar-refractivity contribution < 1.29 is 19.8 Å². The zero-order valence-electron chi connectivity index (χ0n) is 5.93. The van der Waals surface area contributed by atoms with E-state index in [1.54, 1.807) is 0 Å². The highest BCUT2D eigenvalue weighted by Gasteiger charge is 2.00. The molecule has 0 atom stereocenters. The first-order chi connectivity index (χ1) is 5.36. The molecule has 0 heterocycles. The number of rotatable bonds is 3. The molecule has 0 aliphatic heterocycles. The van der Waals surface area contributed by atoms with E-state index in [1.807, 2.05) is 0 Å². The van der Waals surface area contributed by atoms with Crippen molar-refractivity contribution in [3.63, 3.8) is 0 Å². The van der Waals surface area contributed by atoms with Gasteiger partial charge in [0.2, 0.25) is 0 Å². The Morgan fingerprint density at radius 1 is 1.08 bits per heavy atom. The Hall–Kier alpha value is -0.270. The van der Waals surface area contributed by atoms with Crippen molar-refractivity contribution in [2.75, 3.05) is 0 Å². The van der Waals surface area contributed by atoms with E-state index in [-0.39, 0.29) is 12.8 Å². The lowest BCUT2D eigenvalue weighted by molar-refractivity contribution is -0.143. The predicted octanol–water partition coefficient (Wildman–Crippen LogP) is 1.07. The fourth-order valence-electron chi connectivity index (χ4n) is 0.214. The molecule has 70 valence electrons. The van der Waals surface area contributed by atoms with Crippen LogP contribution in [0.15, 0.2) is 0 Å². The van der Waals surface area contributed by atoms with Crippen LogP contribution >= 0.6 is 37.5 Å². The Balaban J connectivity index is 0. The van der Waals surface area contributed by atoms with E-state index < -0.39 is 11.9 Å². The van der Waals surface area contributed by atoms with Gasteiger partial charge in [-0.25, -0.2) is 0 Å². The number of thiol groups is 2. The summed E-state index contributed by atoms with van der Waals surface area (Å²) in [5.41, 5.74) is 0. The Labute approximate surface area is 85.8 Å². The maximum Gasteiger partial charge on any atom is 0.303 e. The molecule has 0 radical (unpaired) electrons. The van der Waals surface area contributed by atoms with E-state index in [0.29, 0.717) is 3.53 Å². The first-order valence-electron chi connectivity index (χ1n) is 2.71. The van der Waals surface area contributed by atoms with E-state index in [2.05, 4.69) is 37.5 Å². The maximum absolute atomic E-state index is 9.64. The fraction of sp³-hybridized carbons (Fsp3) is 0.400. The molecular weight excluding hydrogens is 220 g/mol. The molecule has 0 amide bonds. The second-order valence-electron chi connectivity index (χ2n) is 1.57. The molecule has 2 N–H and O–H groups in total. The van der Waals surface area contributed by atoms with Crippen LogP contribution in [0.25, 0.3) is 0 Å². The van der Waals surface area contributed by atoms with Crippen LogP contribution in [0.2, 0.25) is 0 Å². The van der Waals surface area contributed by atoms with Gasteiger partial charge in [0.05, 0.1) is 16.4 Å². The number of carboxylic acids is 2. The van der Waals surface area contributed by atoms with Gasteiger partial charge in [-0.3, -0.25) is 9.59 Å². The highest BCUT2D eigenvalue weighted by molar-refractivity contribution is 8.34. The first-order valence-corrected chi connectivity index (χ1v) is 4.02. The van der Waals surface area contributed by atoms with Crippen molar-refractivity contribution in [2.45, 2.75) is 12.8 Å². The molecule has 7 heteroatoms. The highest BCUT2D eigenvalue weighted by Crippen LogP contribution is 1.86. The molecule has 0 rings (SSSR count). The molecule has 0 saturated carbocycles. The van der Waals surface area contributed by atoms with Crippen LogP contribution in [0, 0.1) is 0 Å². The van der Waals surface area contributed by atoms with Crippen molar-refractivity contribution in [2.24, 2.45) is 0 Å². The van der Waals surface area contributed by atoms with Gasteiger partial charge in [0, 0.05) is 0 Å². The standard InChI is InChI=1S/C4H6O4.CH2S3/c5-3(6)1-2-4(7)8;2-1(3)4/h1-2H2,(H,5,6)(H,7,8);(H2,2,3,4). The Kier molecular flexibility index (Phi) is 10.5. The second-order valence-corrected chi connectivity index (χ2v) is 3.83. The van der Waals surface area contributed by atoms with Gasteiger partial charge in [-0.05, 0) is 0 Å². The molecule has 12 heavy (non-hydrogen) atoms. The summed E-state index contributed by atoms with van der Waals surface area (Å²) in [6, 6.07) is 0. The van der Waals surface area contributed by atoms with E-state index in [1.165, 1.54) is 0 Å². The molecule has 4 nitrogen and oxygen atoms in total. The van der Waals surface area contributed by atoms with Gasteiger partial charge in [0.25, 0.3) is 0 Å². The molecular formula is C5H8O4S3. The van der Waals surface area contributed by atoms with E-state index >= 15 is 0 Å². The summed E-state index contributed by atoms with van der Waals surface area (Å²) in [6.45, 7) is 0. The molecule has 0 aromatic rings. The number of aliphatic carboxylic acids is 2. The van der Waals surface area contributed by atoms with Crippen molar-refractivity contribution in [1.29, 1.82) is 0 Å². The maximum atomic E-state index is 9.64. The predicted molar refractivity (Wildman–Crippen MR) is 55.1 cm³/mol. The van der Waals surface area contributed by atoms with Gasteiger partial charge in [-0.2, -0.15) is 0 Å². The third kappa shape index (κ3) is 33.1. The van der Waals surface area contributed by atoms with Crippen molar-refractivity contribution >= 4 is 52.9 Å². The van der Waals surface area contributed by atoms with Crippen molar-refractivity contribution in [3.05, 3.63) is 0 Å². The molecule has 0 aromatic carbocycles. The van der Waals surface area contributed by atoms with Gasteiger partial charge in [0.1, 0.15) is 0 Å². The third-order valence-corrected chi connectivity index (χ3v) is 0.553. The van der Waals surface area contributed by atoms with Crippen molar-refractivity contribution in [3.8, 4) is 0 Å². The number of hydrogen-bond donors (Lipinski definition) is 4. The van der Waals surface area contributed by atoms with Crippen LogP contribution in [0.3, 0.4) is 0 Å². The topological polar surface area (TPSA) is 74.6 Å². The quantitative estimate of drug-likeness (QED) is 0.429. The van der Waals surface area contributed by atoms with Crippen LogP contribution in [-0.2, 0) is 9.59 Å². The van der Waals surface area contributed by atoms with Gasteiger partial charge in [-0.1, -0.05) is 12.2 Å². The normalized spacial score (nSPS) is 7.83. The summed E-state index contributed by atoms with van der Waals surface area (Å²) in [4.78, 5) is 19.3. The van der Waals surface area contributed by atoms with Gasteiger partial charge in [0.15, 0.2) is 0 Å². The van der Waals surface area contributed by atoms with Crippen LogP contribution in [0.4, 0.5) is 0 Å². The molecule has 0 fully saturated rings. The van der Waals surface area contributed by atoms with Gasteiger partial charge in [-0.15, -0.1) is 25.3 Å². The Morgan fingerprint density at radius 3 is 1.33 bits per heavy atom. The lowest BCUT2D eigenvalue weighted by Gasteiger charge is -1.85.